The highest BCUT2D eigenvalue weighted by molar-refractivity contribution is 5.85. The molecular weight excluding hydrogens is 427 g/mol. The van der Waals surface area contributed by atoms with Gasteiger partial charge in [-0.2, -0.15) is 4.98 Å². The molecule has 3 aliphatic rings. The lowest BCUT2D eigenvalue weighted by atomic mass is 9.78. The van der Waals surface area contributed by atoms with Gasteiger partial charge in [0.1, 0.15) is 5.82 Å². The number of anilines is 2. The Kier molecular flexibility index (Phi) is 7.13. The minimum atomic E-state index is 0. The Balaban J connectivity index is 0.00000128. The van der Waals surface area contributed by atoms with Crippen LogP contribution in [0.2, 0.25) is 0 Å². The van der Waals surface area contributed by atoms with Crippen molar-refractivity contribution in [3.05, 3.63) is 35.5 Å². The molecule has 1 saturated carbocycles. The molecule has 1 aromatic carbocycles. The molecule has 2 fully saturated rings. The van der Waals surface area contributed by atoms with Crippen LogP contribution in [0.3, 0.4) is 0 Å². The van der Waals surface area contributed by atoms with Crippen molar-refractivity contribution in [1.82, 2.24) is 14.9 Å². The van der Waals surface area contributed by atoms with Crippen LogP contribution in [0.1, 0.15) is 30.0 Å². The van der Waals surface area contributed by atoms with E-state index in [-0.39, 0.29) is 24.8 Å². The van der Waals surface area contributed by atoms with Crippen molar-refractivity contribution in [1.29, 1.82) is 0 Å². The Morgan fingerprint density at radius 1 is 0.967 bits per heavy atom. The van der Waals surface area contributed by atoms with Gasteiger partial charge in [-0.15, -0.1) is 24.8 Å². The van der Waals surface area contributed by atoms with E-state index >= 15 is 0 Å². The monoisotopic (exact) mass is 454 g/mol. The Labute approximate surface area is 188 Å². The van der Waals surface area contributed by atoms with Gasteiger partial charge in [0.15, 0.2) is 11.5 Å². The summed E-state index contributed by atoms with van der Waals surface area (Å²) in [7, 11) is 0. The average Bonchev–Trinajstić information content (AvgIpc) is 3.13. The zero-order valence-corrected chi connectivity index (χ0v) is 18.3. The summed E-state index contributed by atoms with van der Waals surface area (Å²) in [6.07, 6.45) is 1.97. The molecule has 0 spiro atoms. The van der Waals surface area contributed by atoms with Crippen LogP contribution in [0.15, 0.2) is 24.3 Å². The van der Waals surface area contributed by atoms with Crippen LogP contribution < -0.4 is 25.8 Å². The fourth-order valence-corrected chi connectivity index (χ4v) is 4.18. The first kappa shape index (κ1) is 22.7. The van der Waals surface area contributed by atoms with E-state index in [1.165, 1.54) is 5.56 Å². The van der Waals surface area contributed by atoms with Gasteiger partial charge in [-0.3, -0.25) is 4.90 Å². The van der Waals surface area contributed by atoms with Crippen LogP contribution in [-0.2, 0) is 6.54 Å². The highest BCUT2D eigenvalue weighted by Crippen LogP contribution is 2.36. The molecule has 8 nitrogen and oxygen atoms in total. The standard InChI is InChI=1S/C20H26N6O2.2ClH/c21-15-8-14(9-15)16-10-19(24-20(22)23-16)26-5-3-25(4-6-26)11-13-1-2-17-18(7-13)28-12-27-17;;/h1-2,7,10,14-15H,3-6,8-9,11-12,21H2,(H2,22,23,24);2*1H. The van der Waals surface area contributed by atoms with Crippen LogP contribution in [0.25, 0.3) is 0 Å². The number of benzene rings is 1. The van der Waals surface area contributed by atoms with Crippen LogP contribution in [0.4, 0.5) is 11.8 Å². The number of aromatic nitrogens is 2. The number of nitrogens with two attached hydrogens (primary N) is 2. The average molecular weight is 455 g/mol. The second-order valence-electron chi connectivity index (χ2n) is 7.89. The van der Waals surface area contributed by atoms with Crippen molar-refractivity contribution in [3.8, 4) is 11.5 Å². The Morgan fingerprint density at radius 3 is 2.43 bits per heavy atom. The lowest BCUT2D eigenvalue weighted by molar-refractivity contribution is 0.174. The molecule has 164 valence electrons. The molecule has 3 heterocycles. The second-order valence-corrected chi connectivity index (χ2v) is 7.89. The molecule has 0 bridgehead atoms. The number of nitrogens with zero attached hydrogens (tertiary/aromatic N) is 4. The predicted molar refractivity (Wildman–Crippen MR) is 121 cm³/mol. The highest BCUT2D eigenvalue weighted by Gasteiger charge is 2.30. The van der Waals surface area contributed by atoms with Gasteiger partial charge in [-0.05, 0) is 30.5 Å². The quantitative estimate of drug-likeness (QED) is 0.723. The molecular formula is C20H28Cl2N6O2. The molecule has 1 aromatic heterocycles. The summed E-state index contributed by atoms with van der Waals surface area (Å²) in [4.78, 5) is 13.7. The summed E-state index contributed by atoms with van der Waals surface area (Å²) >= 11 is 0. The summed E-state index contributed by atoms with van der Waals surface area (Å²) in [6, 6.07) is 8.58. The van der Waals surface area contributed by atoms with E-state index < -0.39 is 0 Å². The lowest BCUT2D eigenvalue weighted by Crippen LogP contribution is -2.46. The molecule has 1 saturated heterocycles. The molecule has 0 amide bonds. The first-order valence-electron chi connectivity index (χ1n) is 9.90. The number of ether oxygens (including phenoxy) is 2. The number of halogens is 2. The van der Waals surface area contributed by atoms with Crippen molar-refractivity contribution < 1.29 is 9.47 Å². The van der Waals surface area contributed by atoms with Crippen molar-refractivity contribution >= 4 is 36.6 Å². The lowest BCUT2D eigenvalue weighted by Gasteiger charge is -2.36. The van der Waals surface area contributed by atoms with Gasteiger partial charge in [0, 0.05) is 50.7 Å². The van der Waals surface area contributed by atoms with E-state index in [0.717, 1.165) is 68.6 Å². The fraction of sp³-hybridized carbons (Fsp3) is 0.500. The molecule has 10 heteroatoms. The van der Waals surface area contributed by atoms with Gasteiger partial charge < -0.3 is 25.8 Å². The molecule has 0 unspecified atom stereocenters. The minimum absolute atomic E-state index is 0. The number of hydrogen-bond acceptors (Lipinski definition) is 8. The van der Waals surface area contributed by atoms with E-state index in [0.29, 0.717) is 24.7 Å². The van der Waals surface area contributed by atoms with Gasteiger partial charge in [0.05, 0.1) is 5.69 Å². The number of hydrogen-bond donors (Lipinski definition) is 2. The van der Waals surface area contributed by atoms with Crippen LogP contribution in [-0.4, -0.2) is 53.9 Å². The molecule has 1 aliphatic carbocycles. The maximum atomic E-state index is 5.98. The molecule has 2 aliphatic heterocycles. The minimum Gasteiger partial charge on any atom is -0.454 e. The van der Waals surface area contributed by atoms with Gasteiger partial charge in [0.25, 0.3) is 0 Å². The molecule has 4 N–H and O–H groups in total. The zero-order valence-electron chi connectivity index (χ0n) is 16.7. The molecule has 0 atom stereocenters. The second kappa shape index (κ2) is 9.43. The number of nitrogen functional groups attached to an aromatic ring is 1. The fourth-order valence-electron chi connectivity index (χ4n) is 4.18. The summed E-state index contributed by atoms with van der Waals surface area (Å²) in [5.41, 5.74) is 14.2. The van der Waals surface area contributed by atoms with Crippen LogP contribution in [0, 0.1) is 0 Å². The molecule has 5 rings (SSSR count). The van der Waals surface area contributed by atoms with Gasteiger partial charge in [-0.25, -0.2) is 4.98 Å². The van der Waals surface area contributed by atoms with E-state index in [9.17, 15) is 0 Å². The van der Waals surface area contributed by atoms with Crippen molar-refractivity contribution in [2.24, 2.45) is 5.73 Å². The number of piperazine rings is 1. The first-order chi connectivity index (χ1) is 13.6. The largest absolute Gasteiger partial charge is 0.454 e. The van der Waals surface area contributed by atoms with Crippen LogP contribution in [0.5, 0.6) is 11.5 Å². The van der Waals surface area contributed by atoms with E-state index in [1.54, 1.807) is 0 Å². The van der Waals surface area contributed by atoms with Crippen molar-refractivity contribution in [3.63, 3.8) is 0 Å². The molecule has 2 aromatic rings. The normalized spacial score (nSPS) is 22.6. The van der Waals surface area contributed by atoms with Crippen molar-refractivity contribution in [2.75, 3.05) is 43.6 Å². The van der Waals surface area contributed by atoms with E-state index in [1.807, 2.05) is 6.07 Å². The summed E-state index contributed by atoms with van der Waals surface area (Å²) in [6.45, 7) is 5.01. The topological polar surface area (TPSA) is 103 Å². The first-order valence-corrected chi connectivity index (χ1v) is 9.90. The third-order valence-electron chi connectivity index (χ3n) is 5.88. The summed E-state index contributed by atoms with van der Waals surface area (Å²) in [5.74, 6) is 3.39. The van der Waals surface area contributed by atoms with Gasteiger partial charge in [-0.1, -0.05) is 6.07 Å². The van der Waals surface area contributed by atoms with Crippen molar-refractivity contribution in [2.45, 2.75) is 31.3 Å². The SMILES string of the molecule is Cl.Cl.Nc1nc(C2CC(N)C2)cc(N2CCN(Cc3ccc4c(c3)OCO4)CC2)n1. The zero-order chi connectivity index (χ0) is 19.1. The van der Waals surface area contributed by atoms with Gasteiger partial charge in [0.2, 0.25) is 12.7 Å². The van der Waals surface area contributed by atoms with Gasteiger partial charge >= 0.3 is 0 Å². The Hall–Kier alpha value is -2.00. The third kappa shape index (κ3) is 4.67. The predicted octanol–water partition coefficient (Wildman–Crippen LogP) is 2.16. The third-order valence-corrected chi connectivity index (χ3v) is 5.88. The molecule has 30 heavy (non-hydrogen) atoms. The van der Waals surface area contributed by atoms with E-state index in [4.69, 9.17) is 20.9 Å². The number of rotatable bonds is 4. The number of fused-ring (bicyclic) bond motifs is 1. The van der Waals surface area contributed by atoms with E-state index in [2.05, 4.69) is 38.0 Å². The maximum Gasteiger partial charge on any atom is 0.231 e. The Bertz CT molecular complexity index is 872. The molecule has 0 radical (unpaired) electrons. The highest BCUT2D eigenvalue weighted by atomic mass is 35.5. The summed E-state index contributed by atoms with van der Waals surface area (Å²) in [5, 5.41) is 0. The smallest absolute Gasteiger partial charge is 0.231 e. The summed E-state index contributed by atoms with van der Waals surface area (Å²) < 4.78 is 10.9. The van der Waals surface area contributed by atoms with Crippen LogP contribution >= 0.6 is 24.8 Å². The maximum absolute atomic E-state index is 5.98. The Morgan fingerprint density at radius 2 is 1.70 bits per heavy atom.